The lowest BCUT2D eigenvalue weighted by atomic mass is 10.2. The summed E-state index contributed by atoms with van der Waals surface area (Å²) in [7, 11) is 0. The molecule has 19 heavy (non-hydrogen) atoms. The topological polar surface area (TPSA) is 72.6 Å². The highest BCUT2D eigenvalue weighted by Crippen LogP contribution is 2.32. The van der Waals surface area contributed by atoms with E-state index in [1.54, 1.807) is 6.92 Å². The van der Waals surface area contributed by atoms with Crippen LogP contribution in [0.15, 0.2) is 22.6 Å². The van der Waals surface area contributed by atoms with Crippen LogP contribution < -0.4 is 4.74 Å². The van der Waals surface area contributed by atoms with Crippen molar-refractivity contribution in [1.82, 2.24) is 4.98 Å². The zero-order valence-electron chi connectivity index (χ0n) is 9.81. The summed E-state index contributed by atoms with van der Waals surface area (Å²) in [5.41, 5.74) is -0.0613. The molecule has 1 aromatic carbocycles. The third-order valence-corrected chi connectivity index (χ3v) is 2.55. The van der Waals surface area contributed by atoms with Crippen molar-refractivity contribution in [3.05, 3.63) is 34.7 Å². The molecule has 1 aromatic heterocycles. The van der Waals surface area contributed by atoms with Gasteiger partial charge in [0.1, 0.15) is 5.82 Å². The van der Waals surface area contributed by atoms with E-state index in [0.29, 0.717) is 0 Å². The van der Waals surface area contributed by atoms with Gasteiger partial charge in [0.05, 0.1) is 17.2 Å². The minimum atomic E-state index is -1.28. The fraction of sp³-hybridized carbons (Fsp3) is 0.167. The molecule has 1 heterocycles. The number of carboxylic acid groups (broad SMARTS) is 1. The lowest BCUT2D eigenvalue weighted by Gasteiger charge is -1.99. The summed E-state index contributed by atoms with van der Waals surface area (Å²) in [5, 5.41) is 9.04. The van der Waals surface area contributed by atoms with E-state index in [1.165, 1.54) is 12.1 Å². The Labute approximate surface area is 112 Å². The second-order valence-electron chi connectivity index (χ2n) is 3.52. The molecule has 0 spiro atoms. The molecule has 0 bridgehead atoms. The number of aromatic carboxylic acids is 1. The van der Waals surface area contributed by atoms with Gasteiger partial charge in [0.2, 0.25) is 11.6 Å². The smallest absolute Gasteiger partial charge is 0.362 e. The summed E-state index contributed by atoms with van der Waals surface area (Å²) >= 11 is 5.85. The van der Waals surface area contributed by atoms with Crippen LogP contribution in [0.4, 0.5) is 4.39 Å². The Morgan fingerprint density at radius 3 is 2.89 bits per heavy atom. The number of carbonyl (C=O) groups is 1. The Hall–Kier alpha value is -2.08. The second-order valence-corrected chi connectivity index (χ2v) is 3.92. The van der Waals surface area contributed by atoms with Crippen molar-refractivity contribution in [2.24, 2.45) is 0 Å². The Morgan fingerprint density at radius 2 is 2.32 bits per heavy atom. The van der Waals surface area contributed by atoms with Gasteiger partial charge in [-0.25, -0.2) is 9.18 Å². The third-order valence-electron chi connectivity index (χ3n) is 2.24. The second kappa shape index (κ2) is 5.27. The van der Waals surface area contributed by atoms with E-state index in [0.717, 1.165) is 6.07 Å². The number of oxazole rings is 1. The standard InChI is InChI=1S/C12H9ClFNO4/c1-2-18-12-9(11(16)17)15-10(19-12)7-4-3-6(14)5-8(7)13/h3-5H,2H2,1H3,(H,16,17). The van der Waals surface area contributed by atoms with Crippen LogP contribution in [0.1, 0.15) is 17.4 Å². The molecular weight excluding hydrogens is 277 g/mol. The van der Waals surface area contributed by atoms with Crippen molar-refractivity contribution in [1.29, 1.82) is 0 Å². The molecule has 2 rings (SSSR count). The monoisotopic (exact) mass is 285 g/mol. The maximum absolute atomic E-state index is 12.9. The maximum Gasteiger partial charge on any atom is 0.362 e. The van der Waals surface area contributed by atoms with E-state index >= 15 is 0 Å². The highest BCUT2D eigenvalue weighted by molar-refractivity contribution is 6.33. The van der Waals surface area contributed by atoms with Crippen LogP contribution in [0.25, 0.3) is 11.5 Å². The summed E-state index contributed by atoms with van der Waals surface area (Å²) in [5.74, 6) is -2.03. The summed E-state index contributed by atoms with van der Waals surface area (Å²) in [6.07, 6.45) is 0. The first-order valence-corrected chi connectivity index (χ1v) is 5.73. The first kappa shape index (κ1) is 13.4. The molecule has 5 nitrogen and oxygen atoms in total. The molecule has 100 valence electrons. The maximum atomic E-state index is 12.9. The molecule has 2 aromatic rings. The quantitative estimate of drug-likeness (QED) is 0.933. The molecule has 0 amide bonds. The number of hydrogen-bond donors (Lipinski definition) is 1. The number of benzene rings is 1. The van der Waals surface area contributed by atoms with Crippen molar-refractivity contribution < 1.29 is 23.4 Å². The number of aromatic nitrogens is 1. The number of carboxylic acids is 1. The average Bonchev–Trinajstić information content (AvgIpc) is 2.73. The van der Waals surface area contributed by atoms with Crippen LogP contribution in [0.3, 0.4) is 0 Å². The molecule has 0 fully saturated rings. The Morgan fingerprint density at radius 1 is 1.58 bits per heavy atom. The number of ether oxygens (including phenoxy) is 1. The number of halogens is 2. The van der Waals surface area contributed by atoms with Crippen molar-refractivity contribution in [3.63, 3.8) is 0 Å². The fourth-order valence-corrected chi connectivity index (χ4v) is 1.70. The third kappa shape index (κ3) is 2.68. The van der Waals surface area contributed by atoms with Crippen LogP contribution in [0, 0.1) is 5.82 Å². The van der Waals surface area contributed by atoms with Gasteiger partial charge in [0.15, 0.2) is 0 Å². The zero-order chi connectivity index (χ0) is 14.0. The van der Waals surface area contributed by atoms with E-state index in [4.69, 9.17) is 25.9 Å². The Kier molecular flexibility index (Phi) is 3.71. The molecule has 0 unspecified atom stereocenters. The van der Waals surface area contributed by atoms with Gasteiger partial charge in [-0.3, -0.25) is 0 Å². The van der Waals surface area contributed by atoms with Crippen LogP contribution in [0.2, 0.25) is 5.02 Å². The first-order valence-electron chi connectivity index (χ1n) is 5.35. The van der Waals surface area contributed by atoms with Crippen LogP contribution in [-0.2, 0) is 0 Å². The SMILES string of the molecule is CCOc1oc(-c2ccc(F)cc2Cl)nc1C(=O)O. The van der Waals surface area contributed by atoms with Crippen molar-refractivity contribution in [3.8, 4) is 17.4 Å². The minimum absolute atomic E-state index is 0.0362. The molecule has 0 aliphatic rings. The van der Waals surface area contributed by atoms with E-state index in [-0.39, 0.29) is 34.7 Å². The van der Waals surface area contributed by atoms with Crippen LogP contribution >= 0.6 is 11.6 Å². The van der Waals surface area contributed by atoms with Gasteiger partial charge in [-0.2, -0.15) is 4.98 Å². The molecule has 0 saturated heterocycles. The molecular formula is C12H9ClFNO4. The fourth-order valence-electron chi connectivity index (χ4n) is 1.45. The highest BCUT2D eigenvalue weighted by atomic mass is 35.5. The molecule has 1 N–H and O–H groups in total. The van der Waals surface area contributed by atoms with Gasteiger partial charge in [-0.1, -0.05) is 11.6 Å². The number of nitrogens with zero attached hydrogens (tertiary/aromatic N) is 1. The lowest BCUT2D eigenvalue weighted by Crippen LogP contribution is -2.01. The summed E-state index contributed by atoms with van der Waals surface area (Å²) in [6, 6.07) is 3.61. The number of rotatable bonds is 4. The van der Waals surface area contributed by atoms with Crippen molar-refractivity contribution >= 4 is 17.6 Å². The lowest BCUT2D eigenvalue weighted by molar-refractivity contribution is 0.0683. The van der Waals surface area contributed by atoms with Gasteiger partial charge >= 0.3 is 11.9 Å². The first-order chi connectivity index (χ1) is 9.02. The largest absolute Gasteiger partial charge is 0.476 e. The average molecular weight is 286 g/mol. The van der Waals surface area contributed by atoms with Gasteiger partial charge < -0.3 is 14.3 Å². The molecule has 0 aliphatic carbocycles. The summed E-state index contributed by atoms with van der Waals surface area (Å²) in [4.78, 5) is 14.8. The zero-order valence-corrected chi connectivity index (χ0v) is 10.6. The van der Waals surface area contributed by atoms with Crippen LogP contribution in [0.5, 0.6) is 5.95 Å². The van der Waals surface area contributed by atoms with Gasteiger partial charge in [0, 0.05) is 0 Å². The molecule has 0 radical (unpaired) electrons. The van der Waals surface area contributed by atoms with Crippen molar-refractivity contribution in [2.75, 3.05) is 6.61 Å². The highest BCUT2D eigenvalue weighted by Gasteiger charge is 2.22. The summed E-state index contributed by atoms with van der Waals surface area (Å²) in [6.45, 7) is 1.91. The van der Waals surface area contributed by atoms with E-state index in [1.807, 2.05) is 0 Å². The Bertz CT molecular complexity index is 626. The normalized spacial score (nSPS) is 10.5. The predicted octanol–water partition coefficient (Wildman–Crippen LogP) is 3.23. The van der Waals surface area contributed by atoms with E-state index < -0.39 is 11.8 Å². The summed E-state index contributed by atoms with van der Waals surface area (Å²) < 4.78 is 23.2. The van der Waals surface area contributed by atoms with Crippen molar-refractivity contribution in [2.45, 2.75) is 6.92 Å². The van der Waals surface area contributed by atoms with Gasteiger partial charge in [0.25, 0.3) is 0 Å². The molecule has 0 atom stereocenters. The van der Waals surface area contributed by atoms with E-state index in [2.05, 4.69) is 4.98 Å². The predicted molar refractivity (Wildman–Crippen MR) is 65.0 cm³/mol. The molecule has 7 heteroatoms. The Balaban J connectivity index is 2.50. The van der Waals surface area contributed by atoms with Crippen LogP contribution in [-0.4, -0.2) is 22.7 Å². The number of hydrogen-bond acceptors (Lipinski definition) is 4. The van der Waals surface area contributed by atoms with Gasteiger partial charge in [-0.05, 0) is 25.1 Å². The molecule has 0 saturated carbocycles. The van der Waals surface area contributed by atoms with E-state index in [9.17, 15) is 9.18 Å². The van der Waals surface area contributed by atoms with Gasteiger partial charge in [-0.15, -0.1) is 0 Å². The minimum Gasteiger partial charge on any atom is -0.476 e. The molecule has 0 aliphatic heterocycles.